The van der Waals surface area contributed by atoms with E-state index in [4.69, 9.17) is 0 Å². The molecule has 1 nitrogen and oxygen atoms in total. The number of para-hydroxylation sites is 1. The predicted octanol–water partition coefficient (Wildman–Crippen LogP) is 6.83. The summed E-state index contributed by atoms with van der Waals surface area (Å²) >= 11 is 0. The SMILES string of the molecule is CC.CC.CC.CN(C)c1ccccc1.Cc1ccccc1. The van der Waals surface area contributed by atoms with Crippen molar-refractivity contribution in [2.75, 3.05) is 19.0 Å². The van der Waals surface area contributed by atoms with E-state index in [-0.39, 0.29) is 0 Å². The summed E-state index contributed by atoms with van der Waals surface area (Å²) in [5.74, 6) is 0. The summed E-state index contributed by atoms with van der Waals surface area (Å²) in [6.07, 6.45) is 0. The third-order valence-corrected chi connectivity index (χ3v) is 2.21. The van der Waals surface area contributed by atoms with Crippen molar-refractivity contribution in [3.8, 4) is 0 Å². The summed E-state index contributed by atoms with van der Waals surface area (Å²) in [6, 6.07) is 20.5. The molecule has 0 bridgehead atoms. The number of benzene rings is 2. The average Bonchev–Trinajstić information content (AvgIpc) is 2.62. The van der Waals surface area contributed by atoms with Crippen molar-refractivity contribution >= 4 is 5.69 Å². The average molecular weight is 304 g/mol. The quantitative estimate of drug-likeness (QED) is 0.558. The van der Waals surface area contributed by atoms with Crippen molar-refractivity contribution in [3.05, 3.63) is 66.2 Å². The van der Waals surface area contributed by atoms with Gasteiger partial charge in [-0.1, -0.05) is 95.6 Å². The molecule has 126 valence electrons. The van der Waals surface area contributed by atoms with Crippen molar-refractivity contribution in [1.29, 1.82) is 0 Å². The van der Waals surface area contributed by atoms with E-state index in [1.807, 2.05) is 92.0 Å². The molecule has 0 fully saturated rings. The molecule has 2 aromatic rings. The summed E-state index contributed by atoms with van der Waals surface area (Å²) in [5, 5.41) is 0. The zero-order valence-electron chi connectivity index (χ0n) is 16.2. The van der Waals surface area contributed by atoms with Crippen LogP contribution in [0.15, 0.2) is 60.7 Å². The first kappa shape index (κ1) is 25.2. The third kappa shape index (κ3) is 16.3. The van der Waals surface area contributed by atoms with Crippen LogP contribution in [0, 0.1) is 6.92 Å². The monoisotopic (exact) mass is 303 g/mol. The minimum Gasteiger partial charge on any atom is -0.378 e. The highest BCUT2D eigenvalue weighted by atomic mass is 15.1. The standard InChI is InChI=1S/C8H11N.C7H8.3C2H6/c1-9(2)8-6-4-3-5-7-8;1-7-5-3-2-4-6-7;3*1-2/h3-7H,1-2H3;2-6H,1H3;3*1-2H3. The van der Waals surface area contributed by atoms with Gasteiger partial charge in [0.15, 0.2) is 0 Å². The topological polar surface area (TPSA) is 3.24 Å². The Hall–Kier alpha value is -1.76. The molecule has 0 aliphatic carbocycles. The minimum atomic E-state index is 1.25. The Morgan fingerprint density at radius 2 is 0.864 bits per heavy atom. The van der Waals surface area contributed by atoms with E-state index in [0.29, 0.717) is 0 Å². The van der Waals surface area contributed by atoms with E-state index >= 15 is 0 Å². The third-order valence-electron chi connectivity index (χ3n) is 2.21. The molecule has 0 aliphatic rings. The minimum absolute atomic E-state index is 1.25. The number of anilines is 1. The van der Waals surface area contributed by atoms with Crippen LogP contribution >= 0.6 is 0 Å². The second-order valence-corrected chi connectivity index (χ2v) is 3.88. The van der Waals surface area contributed by atoms with E-state index in [2.05, 4.69) is 36.1 Å². The lowest BCUT2D eigenvalue weighted by Gasteiger charge is -2.10. The van der Waals surface area contributed by atoms with Gasteiger partial charge in [-0.05, 0) is 19.1 Å². The molecular weight excluding hydrogens is 266 g/mol. The smallest absolute Gasteiger partial charge is 0.0360 e. The lowest BCUT2D eigenvalue weighted by atomic mass is 10.2. The van der Waals surface area contributed by atoms with Gasteiger partial charge in [0.1, 0.15) is 0 Å². The maximum absolute atomic E-state index is 2.08. The van der Waals surface area contributed by atoms with Crippen LogP contribution < -0.4 is 4.90 Å². The highest BCUT2D eigenvalue weighted by Gasteiger charge is 1.87. The Balaban J connectivity index is -0.000000249. The number of hydrogen-bond donors (Lipinski definition) is 0. The molecule has 0 radical (unpaired) electrons. The zero-order valence-corrected chi connectivity index (χ0v) is 16.2. The van der Waals surface area contributed by atoms with Gasteiger partial charge in [0.05, 0.1) is 0 Å². The van der Waals surface area contributed by atoms with E-state index < -0.39 is 0 Å². The van der Waals surface area contributed by atoms with Crippen LogP contribution in [0.1, 0.15) is 47.1 Å². The van der Waals surface area contributed by atoms with Gasteiger partial charge in [-0.15, -0.1) is 0 Å². The molecule has 22 heavy (non-hydrogen) atoms. The molecule has 0 atom stereocenters. The van der Waals surface area contributed by atoms with Crippen molar-refractivity contribution in [2.24, 2.45) is 0 Å². The second-order valence-electron chi connectivity index (χ2n) is 3.88. The number of hydrogen-bond acceptors (Lipinski definition) is 1. The molecule has 0 saturated carbocycles. The summed E-state index contributed by atoms with van der Waals surface area (Å²) < 4.78 is 0. The molecule has 0 spiro atoms. The highest BCUT2D eigenvalue weighted by Crippen LogP contribution is 2.07. The maximum Gasteiger partial charge on any atom is 0.0360 e. The van der Waals surface area contributed by atoms with Gasteiger partial charge in [0.2, 0.25) is 0 Å². The van der Waals surface area contributed by atoms with E-state index in [1.54, 1.807) is 0 Å². The fraction of sp³-hybridized carbons (Fsp3) is 0.429. The summed E-state index contributed by atoms with van der Waals surface area (Å²) in [7, 11) is 4.07. The van der Waals surface area contributed by atoms with Gasteiger partial charge in [-0.3, -0.25) is 0 Å². The molecule has 0 heterocycles. The van der Waals surface area contributed by atoms with Crippen LogP contribution in [-0.2, 0) is 0 Å². The van der Waals surface area contributed by atoms with Crippen LogP contribution in [0.25, 0.3) is 0 Å². The summed E-state index contributed by atoms with van der Waals surface area (Å²) in [5.41, 5.74) is 2.57. The fourth-order valence-electron chi connectivity index (χ4n) is 1.26. The molecule has 0 N–H and O–H groups in total. The number of nitrogens with zero attached hydrogens (tertiary/aromatic N) is 1. The van der Waals surface area contributed by atoms with E-state index in [9.17, 15) is 0 Å². The number of aryl methyl sites for hydroxylation is 1. The molecule has 0 unspecified atom stereocenters. The number of rotatable bonds is 1. The largest absolute Gasteiger partial charge is 0.378 e. The summed E-state index contributed by atoms with van der Waals surface area (Å²) in [4.78, 5) is 2.08. The Morgan fingerprint density at radius 1 is 0.545 bits per heavy atom. The van der Waals surface area contributed by atoms with Gasteiger partial charge >= 0.3 is 0 Å². The highest BCUT2D eigenvalue weighted by molar-refractivity contribution is 5.43. The van der Waals surface area contributed by atoms with Gasteiger partial charge in [-0.25, -0.2) is 0 Å². The first-order valence-corrected chi connectivity index (χ1v) is 8.44. The molecule has 2 aromatic carbocycles. The normalized spacial score (nSPS) is 7.32. The molecule has 0 saturated heterocycles. The lowest BCUT2D eigenvalue weighted by Crippen LogP contribution is -2.07. The van der Waals surface area contributed by atoms with Crippen molar-refractivity contribution < 1.29 is 0 Å². The van der Waals surface area contributed by atoms with Crippen LogP contribution in [0.4, 0.5) is 5.69 Å². The van der Waals surface area contributed by atoms with Crippen LogP contribution in [-0.4, -0.2) is 14.1 Å². The predicted molar refractivity (Wildman–Crippen MR) is 106 cm³/mol. The van der Waals surface area contributed by atoms with E-state index in [1.165, 1.54) is 11.3 Å². The zero-order chi connectivity index (χ0) is 17.8. The first-order chi connectivity index (χ1) is 10.7. The molecule has 0 aromatic heterocycles. The Labute approximate surface area is 140 Å². The molecule has 0 aliphatic heterocycles. The molecular formula is C21H37N. The van der Waals surface area contributed by atoms with Crippen LogP contribution in [0.2, 0.25) is 0 Å². The Bertz CT molecular complexity index is 379. The maximum atomic E-state index is 2.08. The van der Waals surface area contributed by atoms with Crippen molar-refractivity contribution in [3.63, 3.8) is 0 Å². The van der Waals surface area contributed by atoms with Crippen molar-refractivity contribution in [1.82, 2.24) is 0 Å². The fourth-order valence-corrected chi connectivity index (χ4v) is 1.26. The van der Waals surface area contributed by atoms with E-state index in [0.717, 1.165) is 0 Å². The molecule has 1 heteroatoms. The van der Waals surface area contributed by atoms with Crippen molar-refractivity contribution in [2.45, 2.75) is 48.5 Å². The van der Waals surface area contributed by atoms with Gasteiger partial charge in [0.25, 0.3) is 0 Å². The molecule has 0 amide bonds. The lowest BCUT2D eigenvalue weighted by molar-refractivity contribution is 1.13. The summed E-state index contributed by atoms with van der Waals surface area (Å²) in [6.45, 7) is 14.1. The first-order valence-electron chi connectivity index (χ1n) is 8.44. The van der Waals surface area contributed by atoms with Gasteiger partial charge in [0, 0.05) is 19.8 Å². The van der Waals surface area contributed by atoms with Crippen LogP contribution in [0.5, 0.6) is 0 Å². The molecule has 2 rings (SSSR count). The Kier molecular flexibility index (Phi) is 24.7. The van der Waals surface area contributed by atoms with Gasteiger partial charge in [-0.2, -0.15) is 0 Å². The van der Waals surface area contributed by atoms with Crippen LogP contribution in [0.3, 0.4) is 0 Å². The van der Waals surface area contributed by atoms with Gasteiger partial charge < -0.3 is 4.90 Å². The Morgan fingerprint density at radius 3 is 1.05 bits per heavy atom. The second kappa shape index (κ2) is 21.5.